The zero-order valence-corrected chi connectivity index (χ0v) is 12.6. The fraction of sp³-hybridized carbons (Fsp3) is 0.455. The molecule has 8 heteroatoms. The van der Waals surface area contributed by atoms with Crippen LogP contribution in [0.3, 0.4) is 0 Å². The number of nitrogens with one attached hydrogen (secondary N) is 1. The molecule has 0 aromatic carbocycles. The van der Waals surface area contributed by atoms with E-state index in [0.29, 0.717) is 11.6 Å². The van der Waals surface area contributed by atoms with Crippen LogP contribution in [0.5, 0.6) is 0 Å². The second kappa shape index (κ2) is 6.16. The second-order valence-corrected chi connectivity index (χ2v) is 6.58. The van der Waals surface area contributed by atoms with Crippen LogP contribution in [0.2, 0.25) is 0 Å². The van der Waals surface area contributed by atoms with Crippen LogP contribution in [-0.2, 0) is 4.79 Å². The predicted molar refractivity (Wildman–Crippen MR) is 76.6 cm³/mol. The van der Waals surface area contributed by atoms with Gasteiger partial charge in [-0.1, -0.05) is 23.1 Å². The first-order valence-corrected chi connectivity index (χ1v) is 7.62. The molecule has 102 valence electrons. The summed E-state index contributed by atoms with van der Waals surface area (Å²) >= 11 is 2.88. The first-order chi connectivity index (χ1) is 9.06. The summed E-state index contributed by atoms with van der Waals surface area (Å²) in [5.41, 5.74) is 0. The van der Waals surface area contributed by atoms with E-state index in [1.807, 2.05) is 20.8 Å². The number of anilines is 1. The van der Waals surface area contributed by atoms with Gasteiger partial charge < -0.3 is 5.32 Å². The number of hydrogen-bond donors (Lipinski definition) is 1. The highest BCUT2D eigenvalue weighted by Gasteiger charge is 2.11. The maximum atomic E-state index is 11.8. The summed E-state index contributed by atoms with van der Waals surface area (Å²) in [7, 11) is 0. The summed E-state index contributed by atoms with van der Waals surface area (Å²) in [6.07, 6.45) is 1.68. The van der Waals surface area contributed by atoms with E-state index in [9.17, 15) is 4.79 Å². The van der Waals surface area contributed by atoms with E-state index in [1.165, 1.54) is 23.1 Å². The molecule has 19 heavy (non-hydrogen) atoms. The van der Waals surface area contributed by atoms with Crippen molar-refractivity contribution in [1.29, 1.82) is 0 Å². The summed E-state index contributed by atoms with van der Waals surface area (Å²) in [6.45, 7) is 5.92. The molecule has 0 aliphatic heterocycles. The molecular weight excluding hydrogens is 282 g/mol. The number of aryl methyl sites for hydroxylation is 1. The SMILES string of the molecule is Cc1nnc(SCC(=O)Nc2ccnn2C(C)C)s1. The van der Waals surface area contributed by atoms with Gasteiger partial charge in [0.2, 0.25) is 5.91 Å². The van der Waals surface area contributed by atoms with Gasteiger partial charge in [0.1, 0.15) is 10.8 Å². The smallest absolute Gasteiger partial charge is 0.235 e. The van der Waals surface area contributed by atoms with Gasteiger partial charge in [0.25, 0.3) is 0 Å². The lowest BCUT2D eigenvalue weighted by Gasteiger charge is -2.11. The maximum Gasteiger partial charge on any atom is 0.235 e. The van der Waals surface area contributed by atoms with Gasteiger partial charge in [-0.15, -0.1) is 10.2 Å². The minimum Gasteiger partial charge on any atom is -0.310 e. The van der Waals surface area contributed by atoms with E-state index < -0.39 is 0 Å². The topological polar surface area (TPSA) is 72.7 Å². The third kappa shape index (κ3) is 3.77. The summed E-state index contributed by atoms with van der Waals surface area (Å²) in [6, 6.07) is 2.00. The van der Waals surface area contributed by atoms with Gasteiger partial charge in [-0.3, -0.25) is 4.79 Å². The average Bonchev–Trinajstić information content (AvgIpc) is 2.95. The lowest BCUT2D eigenvalue weighted by Crippen LogP contribution is -2.18. The molecule has 0 spiro atoms. The Morgan fingerprint density at radius 3 is 2.95 bits per heavy atom. The molecule has 2 aromatic rings. The van der Waals surface area contributed by atoms with Crippen molar-refractivity contribution in [3.05, 3.63) is 17.3 Å². The van der Waals surface area contributed by atoms with Crippen LogP contribution in [0, 0.1) is 6.92 Å². The summed E-state index contributed by atoms with van der Waals surface area (Å²) < 4.78 is 2.59. The molecule has 0 saturated heterocycles. The number of hydrogen-bond acceptors (Lipinski definition) is 6. The minimum atomic E-state index is -0.0692. The molecule has 2 aromatic heterocycles. The number of aromatic nitrogens is 4. The molecule has 0 aliphatic carbocycles. The molecular formula is C11H15N5OS2. The van der Waals surface area contributed by atoms with Crippen LogP contribution in [0.25, 0.3) is 0 Å². The third-order valence-electron chi connectivity index (χ3n) is 2.26. The number of thioether (sulfide) groups is 1. The first kappa shape index (κ1) is 14.0. The highest BCUT2D eigenvalue weighted by molar-refractivity contribution is 8.01. The predicted octanol–water partition coefficient (Wildman–Crippen LogP) is 2.35. The minimum absolute atomic E-state index is 0.0692. The van der Waals surface area contributed by atoms with Crippen molar-refractivity contribution in [2.45, 2.75) is 31.2 Å². The quantitative estimate of drug-likeness (QED) is 0.858. The van der Waals surface area contributed by atoms with Gasteiger partial charge in [-0.2, -0.15) is 5.10 Å². The molecule has 0 unspecified atom stereocenters. The van der Waals surface area contributed by atoms with E-state index in [-0.39, 0.29) is 11.9 Å². The second-order valence-electron chi connectivity index (χ2n) is 4.18. The zero-order valence-electron chi connectivity index (χ0n) is 11.0. The largest absolute Gasteiger partial charge is 0.310 e. The van der Waals surface area contributed by atoms with Crippen LogP contribution in [0.1, 0.15) is 24.9 Å². The molecule has 2 rings (SSSR count). The highest BCUT2D eigenvalue weighted by atomic mass is 32.2. The normalized spacial score (nSPS) is 10.9. The summed E-state index contributed by atoms with van der Waals surface area (Å²) in [4.78, 5) is 11.8. The van der Waals surface area contributed by atoms with Crippen molar-refractivity contribution in [3.8, 4) is 0 Å². The Labute approximate surface area is 119 Å². The zero-order chi connectivity index (χ0) is 13.8. The number of nitrogens with zero attached hydrogens (tertiary/aromatic N) is 4. The summed E-state index contributed by atoms with van der Waals surface area (Å²) in [5.74, 6) is 0.965. The van der Waals surface area contributed by atoms with Gasteiger partial charge in [0.15, 0.2) is 4.34 Å². The van der Waals surface area contributed by atoms with Crippen molar-refractivity contribution in [3.63, 3.8) is 0 Å². The Morgan fingerprint density at radius 1 is 1.53 bits per heavy atom. The van der Waals surface area contributed by atoms with Gasteiger partial charge in [0, 0.05) is 12.1 Å². The van der Waals surface area contributed by atoms with Gasteiger partial charge in [-0.25, -0.2) is 4.68 Å². The molecule has 0 aliphatic rings. The van der Waals surface area contributed by atoms with Crippen LogP contribution in [0.15, 0.2) is 16.6 Å². The van der Waals surface area contributed by atoms with Crippen molar-refractivity contribution in [1.82, 2.24) is 20.0 Å². The fourth-order valence-corrected chi connectivity index (χ4v) is 3.08. The van der Waals surface area contributed by atoms with E-state index in [0.717, 1.165) is 9.35 Å². The molecule has 0 saturated carbocycles. The van der Waals surface area contributed by atoms with Crippen molar-refractivity contribution >= 4 is 34.8 Å². The molecule has 2 heterocycles. The van der Waals surface area contributed by atoms with E-state index in [1.54, 1.807) is 16.9 Å². The van der Waals surface area contributed by atoms with Crippen LogP contribution >= 0.6 is 23.1 Å². The summed E-state index contributed by atoms with van der Waals surface area (Å²) in [5, 5.41) is 15.8. The standard InChI is InChI=1S/C11H15N5OS2/c1-7(2)16-9(4-5-12-16)13-10(17)6-18-11-15-14-8(3)19-11/h4-5,7H,6H2,1-3H3,(H,13,17). The van der Waals surface area contributed by atoms with Gasteiger partial charge in [0.05, 0.1) is 11.9 Å². The number of carbonyl (C=O) groups is 1. The molecule has 6 nitrogen and oxygen atoms in total. The molecule has 0 bridgehead atoms. The monoisotopic (exact) mass is 297 g/mol. The Balaban J connectivity index is 1.89. The highest BCUT2D eigenvalue weighted by Crippen LogP contribution is 2.22. The molecule has 1 amide bonds. The van der Waals surface area contributed by atoms with Gasteiger partial charge in [-0.05, 0) is 20.8 Å². The van der Waals surface area contributed by atoms with E-state index in [4.69, 9.17) is 0 Å². The van der Waals surface area contributed by atoms with Crippen molar-refractivity contribution in [2.75, 3.05) is 11.1 Å². The lowest BCUT2D eigenvalue weighted by atomic mass is 10.4. The maximum absolute atomic E-state index is 11.8. The van der Waals surface area contributed by atoms with E-state index in [2.05, 4.69) is 20.6 Å². The Hall–Kier alpha value is -1.41. The molecule has 0 atom stereocenters. The van der Waals surface area contributed by atoms with Crippen LogP contribution < -0.4 is 5.32 Å². The molecule has 0 fully saturated rings. The van der Waals surface area contributed by atoms with Gasteiger partial charge >= 0.3 is 0 Å². The Morgan fingerprint density at radius 2 is 2.32 bits per heavy atom. The van der Waals surface area contributed by atoms with Crippen LogP contribution in [-0.4, -0.2) is 31.6 Å². The average molecular weight is 297 g/mol. The number of rotatable bonds is 5. The number of amides is 1. The third-order valence-corrected chi connectivity index (χ3v) is 4.23. The van der Waals surface area contributed by atoms with Crippen molar-refractivity contribution < 1.29 is 4.79 Å². The lowest BCUT2D eigenvalue weighted by molar-refractivity contribution is -0.113. The number of carbonyl (C=O) groups excluding carboxylic acids is 1. The van der Waals surface area contributed by atoms with Crippen LogP contribution in [0.4, 0.5) is 5.82 Å². The first-order valence-electron chi connectivity index (χ1n) is 5.82. The Kier molecular flexibility index (Phi) is 4.54. The van der Waals surface area contributed by atoms with Crippen molar-refractivity contribution in [2.24, 2.45) is 0 Å². The molecule has 0 radical (unpaired) electrons. The molecule has 1 N–H and O–H groups in total. The van der Waals surface area contributed by atoms with E-state index >= 15 is 0 Å². The Bertz CT molecular complexity index is 563. The fourth-order valence-electron chi connectivity index (χ4n) is 1.47.